The van der Waals surface area contributed by atoms with Crippen LogP contribution in [0.4, 0.5) is 0 Å². The molecule has 6 heteroatoms. The zero-order valence-electron chi connectivity index (χ0n) is 9.93. The molecular formula is C10H19NO2S3. The molecule has 0 aliphatic carbocycles. The number of thioether (sulfide) groups is 1. The molecule has 0 bridgehead atoms. The fraction of sp³-hybridized carbons (Fsp3) is 0.800. The molecule has 16 heavy (non-hydrogen) atoms. The minimum Gasteiger partial charge on any atom is -0.447 e. The summed E-state index contributed by atoms with van der Waals surface area (Å²) in [7, 11) is 0. The Balaban J connectivity index is 3.81. The molecule has 0 aromatic heterocycles. The van der Waals surface area contributed by atoms with Crippen molar-refractivity contribution >= 4 is 46.1 Å². The maximum atomic E-state index is 11.4. The molecule has 0 spiro atoms. The van der Waals surface area contributed by atoms with Crippen LogP contribution in [0.5, 0.6) is 0 Å². The second kappa shape index (κ2) is 9.27. The highest BCUT2D eigenvalue weighted by Crippen LogP contribution is 2.10. The monoisotopic (exact) mass is 281 g/mol. The van der Waals surface area contributed by atoms with E-state index in [4.69, 9.17) is 17.0 Å². The van der Waals surface area contributed by atoms with Crippen LogP contribution >= 0.6 is 36.6 Å². The molecule has 0 N–H and O–H groups in total. The number of hydrogen-bond donors (Lipinski definition) is 1. The summed E-state index contributed by atoms with van der Waals surface area (Å²) in [6.07, 6.45) is 0.215. The summed E-state index contributed by atoms with van der Waals surface area (Å²) >= 11 is 10.1. The number of carbonyl (C=O) groups is 1. The van der Waals surface area contributed by atoms with Crippen molar-refractivity contribution < 1.29 is 9.53 Å². The molecule has 94 valence electrons. The van der Waals surface area contributed by atoms with Crippen molar-refractivity contribution in [2.75, 3.05) is 18.8 Å². The first-order chi connectivity index (χ1) is 7.51. The van der Waals surface area contributed by atoms with Crippen LogP contribution in [0.3, 0.4) is 0 Å². The second-order valence-corrected chi connectivity index (χ2v) is 6.00. The Morgan fingerprint density at radius 3 is 2.50 bits per heavy atom. The topological polar surface area (TPSA) is 29.5 Å². The molecule has 3 nitrogen and oxygen atoms in total. The molecule has 0 radical (unpaired) electrons. The molecular weight excluding hydrogens is 262 g/mol. The van der Waals surface area contributed by atoms with E-state index in [-0.39, 0.29) is 12.2 Å². The highest BCUT2D eigenvalue weighted by Gasteiger charge is 2.14. The highest BCUT2D eigenvalue weighted by molar-refractivity contribution is 8.41. The molecule has 1 atom stereocenters. The predicted molar refractivity (Wildman–Crippen MR) is 77.1 cm³/mol. The van der Waals surface area contributed by atoms with E-state index in [1.165, 1.54) is 11.8 Å². The average Bonchev–Trinajstić information content (AvgIpc) is 2.18. The summed E-state index contributed by atoms with van der Waals surface area (Å²) in [5, 5.41) is 0. The van der Waals surface area contributed by atoms with Crippen molar-refractivity contribution in [3.05, 3.63) is 0 Å². The van der Waals surface area contributed by atoms with E-state index < -0.39 is 0 Å². The lowest BCUT2D eigenvalue weighted by Crippen LogP contribution is -2.36. The molecule has 0 aliphatic rings. The third kappa shape index (κ3) is 7.49. The molecule has 0 saturated carbocycles. The molecule has 0 saturated heterocycles. The molecule has 0 fully saturated rings. The minimum atomic E-state index is -0.184. The molecule has 0 aliphatic heterocycles. The number of hydrogen-bond acceptors (Lipinski definition) is 5. The zero-order chi connectivity index (χ0) is 12.6. The Morgan fingerprint density at radius 2 is 2.06 bits per heavy atom. The van der Waals surface area contributed by atoms with Crippen LogP contribution in [0.2, 0.25) is 0 Å². The molecule has 0 heterocycles. The van der Waals surface area contributed by atoms with Gasteiger partial charge in [-0.05, 0) is 20.0 Å². The Labute approximate surface area is 113 Å². The van der Waals surface area contributed by atoms with Gasteiger partial charge < -0.3 is 4.74 Å². The van der Waals surface area contributed by atoms with Crippen molar-refractivity contribution in [3.63, 3.8) is 0 Å². The Hall–Kier alpha value is 0.220. The third-order valence-corrected chi connectivity index (χ3v) is 3.56. The van der Waals surface area contributed by atoms with E-state index in [9.17, 15) is 4.79 Å². The van der Waals surface area contributed by atoms with E-state index in [0.717, 1.165) is 13.1 Å². The van der Waals surface area contributed by atoms with Gasteiger partial charge in [-0.3, -0.25) is 9.69 Å². The molecule has 0 amide bonds. The Kier molecular flexibility index (Phi) is 9.40. The van der Waals surface area contributed by atoms with Gasteiger partial charge in [0.15, 0.2) is 6.23 Å². The summed E-state index contributed by atoms with van der Waals surface area (Å²) in [5.74, 6) is 0.447. The first kappa shape index (κ1) is 16.2. The van der Waals surface area contributed by atoms with Crippen molar-refractivity contribution in [3.8, 4) is 0 Å². The first-order valence-electron chi connectivity index (χ1n) is 5.30. The van der Waals surface area contributed by atoms with Gasteiger partial charge in [-0.25, -0.2) is 0 Å². The minimum absolute atomic E-state index is 0.157. The van der Waals surface area contributed by atoms with Gasteiger partial charge in [0.1, 0.15) is 3.53 Å². The standard InChI is InChI=1S/C10H19NO2S3/c1-4-11(5-2)8(3)13-9(12)6-7-16-10(14)15/h8H,4-7H2,1-3H3,(H,14,15). The van der Waals surface area contributed by atoms with Crippen LogP contribution in [0.25, 0.3) is 0 Å². The van der Waals surface area contributed by atoms with Crippen LogP contribution in [0, 0.1) is 0 Å². The third-order valence-electron chi connectivity index (χ3n) is 2.16. The number of thiol groups is 1. The lowest BCUT2D eigenvalue weighted by molar-refractivity contribution is -0.156. The predicted octanol–water partition coefficient (Wildman–Crippen LogP) is 2.56. The number of carbonyl (C=O) groups excluding carboxylic acids is 1. The fourth-order valence-corrected chi connectivity index (χ4v) is 2.25. The van der Waals surface area contributed by atoms with E-state index in [1.54, 1.807) is 0 Å². The summed E-state index contributed by atoms with van der Waals surface area (Å²) in [5.41, 5.74) is 0. The average molecular weight is 281 g/mol. The molecule has 0 aromatic rings. The van der Waals surface area contributed by atoms with Crippen molar-refractivity contribution in [1.29, 1.82) is 0 Å². The fourth-order valence-electron chi connectivity index (χ4n) is 1.28. The summed E-state index contributed by atoms with van der Waals surface area (Å²) in [4.78, 5) is 13.5. The van der Waals surface area contributed by atoms with E-state index >= 15 is 0 Å². The lowest BCUT2D eigenvalue weighted by Gasteiger charge is -2.25. The molecule has 1 unspecified atom stereocenters. The number of rotatable bonds is 7. The maximum absolute atomic E-state index is 11.4. The van der Waals surface area contributed by atoms with E-state index in [0.29, 0.717) is 15.7 Å². The van der Waals surface area contributed by atoms with Gasteiger partial charge in [0.2, 0.25) is 0 Å². The first-order valence-corrected chi connectivity index (χ1v) is 7.14. The quantitative estimate of drug-likeness (QED) is 0.335. The molecule has 0 rings (SSSR count). The van der Waals surface area contributed by atoms with E-state index in [2.05, 4.69) is 17.5 Å². The van der Waals surface area contributed by atoms with Crippen LogP contribution < -0.4 is 0 Å². The van der Waals surface area contributed by atoms with Gasteiger partial charge in [-0.1, -0.05) is 26.1 Å². The van der Waals surface area contributed by atoms with Gasteiger partial charge in [-0.15, -0.1) is 24.4 Å². The normalized spacial score (nSPS) is 12.6. The van der Waals surface area contributed by atoms with Crippen molar-refractivity contribution in [1.82, 2.24) is 4.90 Å². The highest BCUT2D eigenvalue weighted by atomic mass is 32.2. The smallest absolute Gasteiger partial charge is 0.308 e. The van der Waals surface area contributed by atoms with Crippen LogP contribution in [0.1, 0.15) is 27.2 Å². The van der Waals surface area contributed by atoms with Crippen molar-refractivity contribution in [2.24, 2.45) is 0 Å². The van der Waals surface area contributed by atoms with Crippen LogP contribution in [-0.4, -0.2) is 39.5 Å². The summed E-state index contributed by atoms with van der Waals surface area (Å²) < 4.78 is 5.84. The number of esters is 1. The van der Waals surface area contributed by atoms with E-state index in [1.807, 2.05) is 20.8 Å². The largest absolute Gasteiger partial charge is 0.447 e. The summed E-state index contributed by atoms with van der Waals surface area (Å²) in [6, 6.07) is 0. The second-order valence-electron chi connectivity index (χ2n) is 3.17. The SMILES string of the molecule is CCN(CC)C(C)OC(=O)CCSC(=S)S. The Bertz CT molecular complexity index is 232. The zero-order valence-corrected chi connectivity index (χ0v) is 12.5. The van der Waals surface area contributed by atoms with Crippen LogP contribution in [-0.2, 0) is 9.53 Å². The van der Waals surface area contributed by atoms with Gasteiger partial charge in [0.05, 0.1) is 6.42 Å². The van der Waals surface area contributed by atoms with Gasteiger partial charge in [0, 0.05) is 5.75 Å². The van der Waals surface area contributed by atoms with Crippen molar-refractivity contribution in [2.45, 2.75) is 33.4 Å². The number of ether oxygens (including phenoxy) is 1. The van der Waals surface area contributed by atoms with Gasteiger partial charge in [-0.2, -0.15) is 0 Å². The number of thiocarbonyl (C=S) groups is 1. The van der Waals surface area contributed by atoms with Gasteiger partial charge >= 0.3 is 5.97 Å². The maximum Gasteiger partial charge on any atom is 0.308 e. The lowest BCUT2D eigenvalue weighted by atomic mass is 10.4. The summed E-state index contributed by atoms with van der Waals surface area (Å²) in [6.45, 7) is 7.73. The molecule has 0 aromatic carbocycles. The van der Waals surface area contributed by atoms with Gasteiger partial charge in [0.25, 0.3) is 0 Å². The van der Waals surface area contributed by atoms with Crippen LogP contribution in [0.15, 0.2) is 0 Å². The Morgan fingerprint density at radius 1 is 1.50 bits per heavy atom. The number of nitrogens with zero attached hydrogens (tertiary/aromatic N) is 1.